The smallest absolute Gasteiger partial charge is 0.249 e. The molecule has 1 aliphatic carbocycles. The van der Waals surface area contributed by atoms with Gasteiger partial charge in [-0.2, -0.15) is 0 Å². The maximum absolute atomic E-state index is 16.5. The minimum Gasteiger partial charge on any atom is -0.389 e. The van der Waals surface area contributed by atoms with Crippen molar-refractivity contribution in [3.63, 3.8) is 0 Å². The van der Waals surface area contributed by atoms with Gasteiger partial charge in [-0.1, -0.05) is 0 Å². The zero-order chi connectivity index (χ0) is 36.0. The number of likely N-dealkylation sites (tertiary alicyclic amines) is 1. The number of halogens is 1. The number of nitrogens with one attached hydrogen (secondary N) is 2. The fourth-order valence-electron chi connectivity index (χ4n) is 6.62. The van der Waals surface area contributed by atoms with E-state index in [9.17, 15) is 40.2 Å². The van der Waals surface area contributed by atoms with Gasteiger partial charge in [-0.05, 0) is 38.8 Å². The summed E-state index contributed by atoms with van der Waals surface area (Å²) in [4.78, 5) is 26.4. The van der Waals surface area contributed by atoms with Crippen LogP contribution in [0, 0.1) is 0 Å². The van der Waals surface area contributed by atoms with Crippen LogP contribution in [-0.2, 0) is 28.5 Å². The second kappa shape index (κ2) is 18.2. The average Bonchev–Trinajstić information content (AvgIpc) is 3.49. The Kier molecular flexibility index (Phi) is 14.8. The van der Waals surface area contributed by atoms with Crippen molar-refractivity contribution in [2.75, 3.05) is 39.3 Å². The van der Waals surface area contributed by atoms with Gasteiger partial charge in [0.15, 0.2) is 18.8 Å². The van der Waals surface area contributed by atoms with E-state index < -0.39 is 104 Å². The number of amides is 2. The number of aliphatic hydroxyl groups excluding tert-OH is 6. The molecule has 0 spiro atoms. The molecule has 0 aromatic rings. The third-order valence-electron chi connectivity index (χ3n) is 9.58. The van der Waals surface area contributed by atoms with Gasteiger partial charge >= 0.3 is 0 Å². The molecule has 4 rings (SSSR count). The molecule has 20 heteroatoms. The molecule has 16 N–H and O–H groups in total. The second-order valence-electron chi connectivity index (χ2n) is 13.1. The van der Waals surface area contributed by atoms with Crippen molar-refractivity contribution in [2.24, 2.45) is 22.9 Å². The number of hydrogen-bond acceptors (Lipinski definition) is 17. The Balaban J connectivity index is 1.47. The number of nitrogens with two attached hydrogens (primary N) is 4. The van der Waals surface area contributed by atoms with Gasteiger partial charge in [-0.3, -0.25) is 9.59 Å². The van der Waals surface area contributed by atoms with Crippen LogP contribution >= 0.6 is 0 Å². The van der Waals surface area contributed by atoms with Crippen molar-refractivity contribution in [1.29, 1.82) is 0 Å². The normalized spacial score (nSPS) is 42.3. The highest BCUT2D eigenvalue weighted by atomic mass is 19.1. The van der Waals surface area contributed by atoms with Crippen molar-refractivity contribution in [2.45, 2.75) is 130 Å². The van der Waals surface area contributed by atoms with Crippen LogP contribution < -0.4 is 33.6 Å². The Bertz CT molecular complexity index is 1070. The standard InChI is InChI=1S/C29H54FN7O12/c30-18-25(48-29-24(44)23(43)21(41)15(10-32)46-29)12(33)9-13(36-27(45)14(38)4-5-31)26(18)49-28-22(42)19(34)20(40)16(47-28)11-35-6-2-8-37-7-1-3-17(37)39/h12-16,18-26,28-29,35,38,40-44H,1-11,31-34H2,(H,36,45)/t12-,13-,14+,15-,16+,18+,19-,20+,21-,22+,23+,24-,25-,26-,28+,29+/m1/s1. The molecule has 1 saturated carbocycles. The van der Waals surface area contributed by atoms with Crippen LogP contribution in [0.3, 0.4) is 0 Å². The summed E-state index contributed by atoms with van der Waals surface area (Å²) >= 11 is 0. The van der Waals surface area contributed by atoms with Crippen molar-refractivity contribution in [3.8, 4) is 0 Å². The molecule has 2 amide bonds. The van der Waals surface area contributed by atoms with Crippen molar-refractivity contribution < 1.29 is 63.6 Å². The van der Waals surface area contributed by atoms with Crippen molar-refractivity contribution >= 4 is 11.8 Å². The van der Waals surface area contributed by atoms with Crippen LogP contribution in [0.5, 0.6) is 0 Å². The SMILES string of the molecule is NCC[C@H](O)C(=O)N[C@@H]1C[C@@H](N)[C@@H](O[C@@H]2O[C@H](CN)[C@@H](O)[C@H](O)[C@H]2O)[C@H](F)[C@@H]1O[C@@H]1O[C@@H](CNCCCN2CCCC2=O)[C@H](O)[C@@H](N)[C@@H]1O. The first-order valence-electron chi connectivity index (χ1n) is 16.8. The second-order valence-corrected chi connectivity index (χ2v) is 13.1. The lowest BCUT2D eigenvalue weighted by Gasteiger charge is -2.48. The van der Waals surface area contributed by atoms with E-state index in [1.165, 1.54) is 0 Å². The fraction of sp³-hybridized carbons (Fsp3) is 0.931. The Morgan fingerprint density at radius 1 is 0.980 bits per heavy atom. The number of carbonyl (C=O) groups is 2. The molecule has 0 radical (unpaired) electrons. The molecule has 0 aromatic heterocycles. The first kappa shape index (κ1) is 40.0. The lowest BCUT2D eigenvalue weighted by Crippen LogP contribution is -2.69. The van der Waals surface area contributed by atoms with Gasteiger partial charge < -0.3 is 88.1 Å². The Hall–Kier alpha value is -1.73. The molecule has 3 saturated heterocycles. The predicted molar refractivity (Wildman–Crippen MR) is 167 cm³/mol. The predicted octanol–water partition coefficient (Wildman–Crippen LogP) is -6.84. The lowest BCUT2D eigenvalue weighted by molar-refractivity contribution is -0.326. The van der Waals surface area contributed by atoms with Crippen LogP contribution in [0.4, 0.5) is 4.39 Å². The summed E-state index contributed by atoms with van der Waals surface area (Å²) in [6.45, 7) is 1.54. The molecule has 0 bridgehead atoms. The summed E-state index contributed by atoms with van der Waals surface area (Å²) in [6, 6.07) is -3.66. The van der Waals surface area contributed by atoms with Crippen LogP contribution in [0.15, 0.2) is 0 Å². The number of alkyl halides is 1. The Labute approximate surface area is 283 Å². The molecular formula is C29H54FN7O12. The van der Waals surface area contributed by atoms with E-state index in [2.05, 4.69) is 10.6 Å². The highest BCUT2D eigenvalue weighted by molar-refractivity contribution is 5.80. The van der Waals surface area contributed by atoms with Crippen LogP contribution in [0.25, 0.3) is 0 Å². The molecule has 284 valence electrons. The quantitative estimate of drug-likeness (QED) is 0.0702. The molecule has 16 atom stereocenters. The van der Waals surface area contributed by atoms with Crippen molar-refractivity contribution in [1.82, 2.24) is 15.5 Å². The molecule has 0 aromatic carbocycles. The minimum absolute atomic E-state index is 0.0114. The van der Waals surface area contributed by atoms with E-state index in [0.717, 1.165) is 6.42 Å². The zero-order valence-electron chi connectivity index (χ0n) is 27.3. The van der Waals surface area contributed by atoms with Crippen molar-refractivity contribution in [3.05, 3.63) is 0 Å². The minimum atomic E-state index is -2.21. The third-order valence-corrected chi connectivity index (χ3v) is 9.58. The fourth-order valence-corrected chi connectivity index (χ4v) is 6.62. The van der Waals surface area contributed by atoms with E-state index >= 15 is 4.39 Å². The van der Waals surface area contributed by atoms with Gasteiger partial charge in [0, 0.05) is 38.6 Å². The molecule has 4 fully saturated rings. The number of aliphatic hydroxyl groups is 6. The first-order valence-corrected chi connectivity index (χ1v) is 16.8. The molecule has 49 heavy (non-hydrogen) atoms. The Morgan fingerprint density at radius 2 is 1.65 bits per heavy atom. The van der Waals surface area contributed by atoms with Gasteiger partial charge in [0.1, 0.15) is 54.9 Å². The number of carbonyl (C=O) groups excluding carboxylic acids is 2. The molecule has 3 heterocycles. The van der Waals surface area contributed by atoms with Gasteiger partial charge in [-0.25, -0.2) is 4.39 Å². The average molecular weight is 712 g/mol. The maximum atomic E-state index is 16.5. The largest absolute Gasteiger partial charge is 0.389 e. The van der Waals surface area contributed by atoms with Gasteiger partial charge in [-0.15, -0.1) is 0 Å². The van der Waals surface area contributed by atoms with E-state index in [-0.39, 0.29) is 38.4 Å². The summed E-state index contributed by atoms with van der Waals surface area (Å²) in [6.07, 6.45) is -18.8. The topological polar surface area (TPSA) is 324 Å². The van der Waals surface area contributed by atoms with E-state index in [1.54, 1.807) is 4.90 Å². The molecular weight excluding hydrogens is 657 g/mol. The van der Waals surface area contributed by atoms with Crippen LogP contribution in [0.1, 0.15) is 32.1 Å². The highest BCUT2D eigenvalue weighted by Crippen LogP contribution is 2.33. The third kappa shape index (κ3) is 9.58. The summed E-state index contributed by atoms with van der Waals surface area (Å²) in [7, 11) is 0. The Morgan fingerprint density at radius 3 is 2.31 bits per heavy atom. The van der Waals surface area contributed by atoms with Crippen LogP contribution in [0.2, 0.25) is 0 Å². The number of nitrogens with zero attached hydrogens (tertiary/aromatic N) is 1. The van der Waals surface area contributed by atoms with E-state index in [4.69, 9.17) is 41.9 Å². The molecule has 4 aliphatic rings. The summed E-state index contributed by atoms with van der Waals surface area (Å²) in [5.41, 5.74) is 23.5. The number of rotatable bonds is 15. The monoisotopic (exact) mass is 711 g/mol. The molecule has 3 aliphatic heterocycles. The van der Waals surface area contributed by atoms with Crippen LogP contribution in [-0.4, -0.2) is 185 Å². The van der Waals surface area contributed by atoms with Gasteiger partial charge in [0.05, 0.1) is 18.2 Å². The summed E-state index contributed by atoms with van der Waals surface area (Å²) in [5, 5.41) is 68.5. The number of hydrogen-bond donors (Lipinski definition) is 12. The van der Waals surface area contributed by atoms with Gasteiger partial charge in [0.2, 0.25) is 11.8 Å². The molecule has 0 unspecified atom stereocenters. The zero-order valence-corrected chi connectivity index (χ0v) is 27.3. The number of ether oxygens (including phenoxy) is 4. The lowest BCUT2D eigenvalue weighted by atomic mass is 9.84. The summed E-state index contributed by atoms with van der Waals surface area (Å²) in [5.74, 6) is -0.776. The maximum Gasteiger partial charge on any atom is 0.249 e. The van der Waals surface area contributed by atoms with E-state index in [0.29, 0.717) is 32.5 Å². The molecule has 19 nitrogen and oxygen atoms in total. The first-order chi connectivity index (χ1) is 23.3. The van der Waals surface area contributed by atoms with E-state index in [1.807, 2.05) is 0 Å². The summed E-state index contributed by atoms with van der Waals surface area (Å²) < 4.78 is 39.6. The highest BCUT2D eigenvalue weighted by Gasteiger charge is 2.53. The van der Waals surface area contributed by atoms with Gasteiger partial charge in [0.25, 0.3) is 0 Å².